The molecular formula is C14H16BN3O4. The Morgan fingerprint density at radius 3 is 2.59 bits per heavy atom. The predicted octanol–water partition coefficient (Wildman–Crippen LogP) is 2.65. The highest BCUT2D eigenvalue weighted by atomic mass is 16.6. The first-order chi connectivity index (χ1) is 10.6. The van der Waals surface area contributed by atoms with E-state index in [0.29, 0.717) is 12.5 Å². The van der Waals surface area contributed by atoms with Crippen LogP contribution in [0, 0.1) is 27.3 Å². The van der Waals surface area contributed by atoms with Crippen LogP contribution in [-0.4, -0.2) is 24.3 Å². The molecule has 1 aromatic carbocycles. The monoisotopic (exact) mass is 301 g/mol. The number of amides is 1. The van der Waals surface area contributed by atoms with Gasteiger partial charge in [-0.1, -0.05) is 25.5 Å². The number of rotatable bonds is 4. The van der Waals surface area contributed by atoms with Crippen LogP contribution in [0.1, 0.15) is 12.8 Å². The highest BCUT2D eigenvalue weighted by Crippen LogP contribution is 2.24. The van der Waals surface area contributed by atoms with Gasteiger partial charge in [-0.05, 0) is 18.1 Å². The molecule has 114 valence electrons. The Kier molecular flexibility index (Phi) is 5.36. The van der Waals surface area contributed by atoms with Gasteiger partial charge >= 0.3 is 6.09 Å². The van der Waals surface area contributed by atoms with Crippen molar-refractivity contribution in [2.75, 3.05) is 6.54 Å². The number of hydrogen-bond acceptors (Lipinski definition) is 5. The van der Waals surface area contributed by atoms with E-state index in [1.165, 1.54) is 24.3 Å². The summed E-state index contributed by atoms with van der Waals surface area (Å²) >= 11 is 0. The maximum atomic E-state index is 11.7. The lowest BCUT2D eigenvalue weighted by Gasteiger charge is -2.23. The van der Waals surface area contributed by atoms with Gasteiger partial charge in [0.2, 0.25) is 0 Å². The SMILES string of the molecule is N#CB1CCC(CNC(=O)Oc2ccc([N+](=O)[O-])cc2)CC1. The van der Waals surface area contributed by atoms with Gasteiger partial charge < -0.3 is 10.1 Å². The molecule has 0 saturated carbocycles. The fourth-order valence-corrected chi connectivity index (χ4v) is 2.50. The molecule has 1 aliphatic heterocycles. The van der Waals surface area contributed by atoms with Crippen LogP contribution < -0.4 is 10.1 Å². The van der Waals surface area contributed by atoms with Crippen LogP contribution >= 0.6 is 0 Å². The molecule has 0 unspecified atom stereocenters. The number of carbonyl (C=O) groups is 1. The zero-order valence-electron chi connectivity index (χ0n) is 12.0. The number of nitro benzene ring substituents is 1. The molecular weight excluding hydrogens is 285 g/mol. The molecule has 1 fully saturated rings. The Morgan fingerprint density at radius 2 is 2.05 bits per heavy atom. The standard InChI is InChI=1S/C14H16BN3O4/c16-10-15-7-5-11(6-8-15)9-17-14(19)22-13-3-1-12(2-4-13)18(20)21/h1-4,11H,5-9H2,(H,17,19). The van der Waals surface area contributed by atoms with Crippen LogP contribution in [0.25, 0.3) is 0 Å². The molecule has 7 nitrogen and oxygen atoms in total. The van der Waals surface area contributed by atoms with Crippen molar-refractivity contribution in [3.8, 4) is 11.7 Å². The normalized spacial score (nSPS) is 15.0. The number of nitriles is 1. The smallest absolute Gasteiger partial charge is 0.410 e. The van der Waals surface area contributed by atoms with E-state index in [4.69, 9.17) is 10.00 Å². The highest BCUT2D eigenvalue weighted by Gasteiger charge is 2.24. The zero-order chi connectivity index (χ0) is 15.9. The Morgan fingerprint density at radius 1 is 1.41 bits per heavy atom. The third kappa shape index (κ3) is 4.48. The van der Waals surface area contributed by atoms with Crippen LogP contribution in [-0.2, 0) is 0 Å². The number of nitrogens with zero attached hydrogens (tertiary/aromatic N) is 2. The van der Waals surface area contributed by atoms with Gasteiger partial charge in [0.25, 0.3) is 12.4 Å². The predicted molar refractivity (Wildman–Crippen MR) is 80.8 cm³/mol. The molecule has 8 heteroatoms. The van der Waals surface area contributed by atoms with Gasteiger partial charge in [0.05, 0.1) is 4.92 Å². The summed E-state index contributed by atoms with van der Waals surface area (Å²) in [6.45, 7) is 0.660. The minimum atomic E-state index is -0.573. The minimum Gasteiger partial charge on any atom is -0.410 e. The topological polar surface area (TPSA) is 105 Å². The summed E-state index contributed by atoms with van der Waals surface area (Å²) in [5.41, 5.74) is -0.0537. The summed E-state index contributed by atoms with van der Waals surface area (Å²) in [5.74, 6) is 2.90. The van der Waals surface area contributed by atoms with Crippen molar-refractivity contribution in [3.05, 3.63) is 34.4 Å². The number of nitrogens with one attached hydrogen (secondary N) is 1. The molecule has 1 aliphatic rings. The number of carbonyl (C=O) groups excluding carboxylic acids is 1. The van der Waals surface area contributed by atoms with E-state index >= 15 is 0 Å². The van der Waals surface area contributed by atoms with Crippen LogP contribution in [0.3, 0.4) is 0 Å². The van der Waals surface area contributed by atoms with Crippen LogP contribution in [0.4, 0.5) is 10.5 Å². The molecule has 1 heterocycles. The lowest BCUT2D eigenvalue weighted by molar-refractivity contribution is -0.384. The van der Waals surface area contributed by atoms with E-state index in [9.17, 15) is 14.9 Å². The van der Waals surface area contributed by atoms with Gasteiger partial charge in [0.15, 0.2) is 0 Å². The van der Waals surface area contributed by atoms with E-state index in [2.05, 4.69) is 11.3 Å². The maximum Gasteiger partial charge on any atom is 0.412 e. The number of nitro groups is 1. The van der Waals surface area contributed by atoms with Crippen molar-refractivity contribution in [2.24, 2.45) is 5.92 Å². The first kappa shape index (κ1) is 15.8. The molecule has 2 rings (SSSR count). The Labute approximate surface area is 128 Å². The number of hydrogen-bond donors (Lipinski definition) is 1. The lowest BCUT2D eigenvalue weighted by Crippen LogP contribution is -2.34. The average molecular weight is 301 g/mol. The third-order valence-corrected chi connectivity index (χ3v) is 3.82. The van der Waals surface area contributed by atoms with Crippen molar-refractivity contribution in [2.45, 2.75) is 25.5 Å². The Hall–Kier alpha value is -2.56. The fourth-order valence-electron chi connectivity index (χ4n) is 2.50. The molecule has 0 atom stereocenters. The lowest BCUT2D eigenvalue weighted by atomic mass is 9.42. The van der Waals surface area contributed by atoms with Crippen molar-refractivity contribution in [1.82, 2.24) is 5.32 Å². The second-order valence-corrected chi connectivity index (χ2v) is 5.37. The van der Waals surface area contributed by atoms with E-state index in [1.54, 1.807) is 0 Å². The fraction of sp³-hybridized carbons (Fsp3) is 0.429. The highest BCUT2D eigenvalue weighted by molar-refractivity contribution is 6.67. The summed E-state index contributed by atoms with van der Waals surface area (Å²) in [4.78, 5) is 21.7. The average Bonchev–Trinajstić information content (AvgIpc) is 2.54. The first-order valence-corrected chi connectivity index (χ1v) is 7.18. The van der Waals surface area contributed by atoms with Crippen molar-refractivity contribution >= 4 is 18.5 Å². The number of non-ortho nitro benzene ring substituents is 1. The van der Waals surface area contributed by atoms with Gasteiger partial charge in [-0.15, -0.1) is 0 Å². The van der Waals surface area contributed by atoms with E-state index in [-0.39, 0.29) is 18.1 Å². The zero-order valence-corrected chi connectivity index (χ0v) is 12.0. The van der Waals surface area contributed by atoms with Crippen LogP contribution in [0.15, 0.2) is 24.3 Å². The molecule has 1 aromatic rings. The molecule has 0 aromatic heterocycles. The third-order valence-electron chi connectivity index (χ3n) is 3.82. The summed E-state index contributed by atoms with van der Waals surface area (Å²) < 4.78 is 5.06. The molecule has 1 amide bonds. The number of ether oxygens (including phenoxy) is 1. The second kappa shape index (κ2) is 7.45. The summed E-state index contributed by atoms with van der Waals surface area (Å²) in [5, 5.41) is 22.0. The second-order valence-electron chi connectivity index (χ2n) is 5.37. The van der Waals surface area contributed by atoms with E-state index in [0.717, 1.165) is 25.5 Å². The summed E-state index contributed by atoms with van der Waals surface area (Å²) in [6.07, 6.45) is 3.03. The quantitative estimate of drug-likeness (QED) is 0.523. The van der Waals surface area contributed by atoms with Crippen molar-refractivity contribution < 1.29 is 14.5 Å². The Bertz CT molecular complexity index is 577. The summed E-state index contributed by atoms with van der Waals surface area (Å²) in [7, 11) is 0. The molecule has 1 saturated heterocycles. The molecule has 0 spiro atoms. The first-order valence-electron chi connectivity index (χ1n) is 7.18. The van der Waals surface area contributed by atoms with Gasteiger partial charge in [0, 0.05) is 24.6 Å². The molecule has 0 aliphatic carbocycles. The number of benzene rings is 1. The molecule has 0 radical (unpaired) electrons. The van der Waals surface area contributed by atoms with E-state index in [1.807, 2.05) is 0 Å². The van der Waals surface area contributed by atoms with Crippen molar-refractivity contribution in [1.29, 1.82) is 5.26 Å². The van der Waals surface area contributed by atoms with Crippen LogP contribution in [0.5, 0.6) is 5.75 Å². The van der Waals surface area contributed by atoms with Crippen molar-refractivity contribution in [3.63, 3.8) is 0 Å². The minimum absolute atomic E-state index is 0.0537. The van der Waals surface area contributed by atoms with E-state index < -0.39 is 11.0 Å². The molecule has 1 N–H and O–H groups in total. The Balaban J connectivity index is 1.74. The largest absolute Gasteiger partial charge is 0.412 e. The van der Waals surface area contributed by atoms with Gasteiger partial charge in [-0.2, -0.15) is 0 Å². The molecule has 22 heavy (non-hydrogen) atoms. The summed E-state index contributed by atoms with van der Waals surface area (Å²) in [6, 6.07) is 5.34. The van der Waals surface area contributed by atoms with Gasteiger partial charge in [-0.25, -0.2) is 10.1 Å². The van der Waals surface area contributed by atoms with Gasteiger partial charge in [-0.3, -0.25) is 10.1 Å². The molecule has 0 bridgehead atoms. The van der Waals surface area contributed by atoms with Crippen LogP contribution in [0.2, 0.25) is 12.6 Å². The van der Waals surface area contributed by atoms with Gasteiger partial charge in [0.1, 0.15) is 5.75 Å². The maximum absolute atomic E-state index is 11.7.